The highest BCUT2D eigenvalue weighted by Gasteiger charge is 2.15. The molecule has 6 nitrogen and oxygen atoms in total. The summed E-state index contributed by atoms with van der Waals surface area (Å²) in [6.45, 7) is 3.47. The van der Waals surface area contributed by atoms with E-state index >= 15 is 0 Å². The first-order chi connectivity index (χ1) is 9.04. The number of anilines is 1. The van der Waals surface area contributed by atoms with E-state index in [9.17, 15) is 4.79 Å². The van der Waals surface area contributed by atoms with Crippen LogP contribution in [0.15, 0.2) is 28.8 Å². The number of rotatable bonds is 3. The van der Waals surface area contributed by atoms with Crippen LogP contribution < -0.4 is 10.6 Å². The quantitative estimate of drug-likeness (QED) is 0.906. The SMILES string of the molecule is Cc1noc([C@@H](C)NC(=O)Nc2ccc(Cl)cc2)n1. The number of carbonyl (C=O) groups is 1. The van der Waals surface area contributed by atoms with Crippen molar-refractivity contribution < 1.29 is 9.32 Å². The number of amides is 2. The summed E-state index contributed by atoms with van der Waals surface area (Å²) in [6.07, 6.45) is 0. The fourth-order valence-corrected chi connectivity index (χ4v) is 1.57. The smallest absolute Gasteiger partial charge is 0.319 e. The van der Waals surface area contributed by atoms with Gasteiger partial charge in [-0.25, -0.2) is 4.79 Å². The maximum absolute atomic E-state index is 11.7. The van der Waals surface area contributed by atoms with Crippen molar-refractivity contribution in [2.45, 2.75) is 19.9 Å². The second kappa shape index (κ2) is 5.71. The number of halogens is 1. The van der Waals surface area contributed by atoms with E-state index in [2.05, 4.69) is 20.8 Å². The average Bonchev–Trinajstić information content (AvgIpc) is 2.79. The lowest BCUT2D eigenvalue weighted by Crippen LogP contribution is -2.31. The van der Waals surface area contributed by atoms with Gasteiger partial charge in [0, 0.05) is 10.7 Å². The number of carbonyl (C=O) groups excluding carboxylic acids is 1. The van der Waals surface area contributed by atoms with Gasteiger partial charge in [0.05, 0.1) is 0 Å². The third kappa shape index (κ3) is 3.69. The van der Waals surface area contributed by atoms with Crippen LogP contribution in [0.1, 0.15) is 24.7 Å². The van der Waals surface area contributed by atoms with E-state index in [1.807, 2.05) is 0 Å². The highest BCUT2D eigenvalue weighted by molar-refractivity contribution is 6.30. The molecule has 19 heavy (non-hydrogen) atoms. The Kier molecular flexibility index (Phi) is 4.01. The predicted molar refractivity (Wildman–Crippen MR) is 71.1 cm³/mol. The van der Waals surface area contributed by atoms with Crippen molar-refractivity contribution in [3.8, 4) is 0 Å². The van der Waals surface area contributed by atoms with Crippen molar-refractivity contribution in [3.05, 3.63) is 41.0 Å². The zero-order valence-electron chi connectivity index (χ0n) is 10.5. The van der Waals surface area contributed by atoms with Gasteiger partial charge in [0.15, 0.2) is 5.82 Å². The number of hydrogen-bond acceptors (Lipinski definition) is 4. The molecule has 0 radical (unpaired) electrons. The average molecular weight is 281 g/mol. The van der Waals surface area contributed by atoms with E-state index in [4.69, 9.17) is 16.1 Å². The van der Waals surface area contributed by atoms with Gasteiger partial charge in [0.25, 0.3) is 0 Å². The van der Waals surface area contributed by atoms with E-state index in [-0.39, 0.29) is 12.1 Å². The van der Waals surface area contributed by atoms with Crippen LogP contribution in [-0.2, 0) is 0 Å². The number of benzene rings is 1. The molecule has 1 atom stereocenters. The first kappa shape index (κ1) is 13.4. The second-order valence-corrected chi connectivity index (χ2v) is 4.44. The molecule has 0 aliphatic rings. The lowest BCUT2D eigenvalue weighted by atomic mass is 10.3. The largest absolute Gasteiger partial charge is 0.337 e. The summed E-state index contributed by atoms with van der Waals surface area (Å²) in [5, 5.41) is 9.65. The van der Waals surface area contributed by atoms with Crippen LogP contribution in [0.3, 0.4) is 0 Å². The van der Waals surface area contributed by atoms with Crippen molar-refractivity contribution in [1.29, 1.82) is 0 Å². The zero-order valence-corrected chi connectivity index (χ0v) is 11.2. The fraction of sp³-hybridized carbons (Fsp3) is 0.250. The van der Waals surface area contributed by atoms with Gasteiger partial charge < -0.3 is 15.2 Å². The van der Waals surface area contributed by atoms with Gasteiger partial charge in [0.1, 0.15) is 6.04 Å². The Morgan fingerprint density at radius 3 is 2.63 bits per heavy atom. The molecule has 2 amide bonds. The van der Waals surface area contributed by atoms with E-state index in [1.54, 1.807) is 38.1 Å². The predicted octanol–water partition coefficient (Wildman–Crippen LogP) is 2.91. The molecule has 0 aliphatic carbocycles. The summed E-state index contributed by atoms with van der Waals surface area (Å²) >= 11 is 5.76. The highest BCUT2D eigenvalue weighted by Crippen LogP contribution is 2.14. The van der Waals surface area contributed by atoms with Crippen molar-refractivity contribution >= 4 is 23.3 Å². The maximum atomic E-state index is 11.7. The van der Waals surface area contributed by atoms with Gasteiger partial charge in [-0.1, -0.05) is 16.8 Å². The van der Waals surface area contributed by atoms with Crippen LogP contribution >= 0.6 is 11.6 Å². The standard InChI is InChI=1S/C12H13ClN4O2/c1-7(11-15-8(2)17-19-11)14-12(18)16-10-5-3-9(13)4-6-10/h3-7H,1-2H3,(H2,14,16,18)/t7-/m1/s1. The minimum atomic E-state index is -0.367. The Morgan fingerprint density at radius 1 is 1.37 bits per heavy atom. The van der Waals surface area contributed by atoms with Gasteiger partial charge >= 0.3 is 6.03 Å². The second-order valence-electron chi connectivity index (χ2n) is 4.01. The lowest BCUT2D eigenvalue weighted by Gasteiger charge is -2.11. The number of nitrogens with zero attached hydrogens (tertiary/aromatic N) is 2. The van der Waals surface area contributed by atoms with E-state index in [0.717, 1.165) is 0 Å². The van der Waals surface area contributed by atoms with Crippen molar-refractivity contribution in [2.24, 2.45) is 0 Å². The van der Waals surface area contributed by atoms with Crippen LogP contribution in [-0.4, -0.2) is 16.2 Å². The minimum Gasteiger partial charge on any atom is -0.337 e. The highest BCUT2D eigenvalue weighted by atomic mass is 35.5. The third-order valence-corrected chi connectivity index (χ3v) is 2.62. The molecule has 0 saturated heterocycles. The molecule has 2 rings (SSSR count). The Balaban J connectivity index is 1.92. The van der Waals surface area contributed by atoms with Crippen LogP contribution in [0.25, 0.3) is 0 Å². The van der Waals surface area contributed by atoms with Gasteiger partial charge in [0.2, 0.25) is 5.89 Å². The summed E-state index contributed by atoms with van der Waals surface area (Å²) in [4.78, 5) is 15.8. The molecule has 1 aromatic carbocycles. The summed E-state index contributed by atoms with van der Waals surface area (Å²) < 4.78 is 4.97. The number of aryl methyl sites for hydroxylation is 1. The normalized spacial score (nSPS) is 11.9. The zero-order chi connectivity index (χ0) is 13.8. The molecule has 7 heteroatoms. The molecular formula is C12H13ClN4O2. The van der Waals surface area contributed by atoms with Crippen LogP contribution in [0.2, 0.25) is 5.02 Å². The Labute approximate surface area is 115 Å². The van der Waals surface area contributed by atoms with Crippen LogP contribution in [0.4, 0.5) is 10.5 Å². The van der Waals surface area contributed by atoms with E-state index in [0.29, 0.717) is 22.4 Å². The molecule has 2 N–H and O–H groups in total. The van der Waals surface area contributed by atoms with Gasteiger partial charge in [-0.2, -0.15) is 4.98 Å². The van der Waals surface area contributed by atoms with Crippen molar-refractivity contribution in [2.75, 3.05) is 5.32 Å². The number of hydrogen-bond donors (Lipinski definition) is 2. The monoisotopic (exact) mass is 280 g/mol. The lowest BCUT2D eigenvalue weighted by molar-refractivity contribution is 0.245. The van der Waals surface area contributed by atoms with Crippen molar-refractivity contribution in [3.63, 3.8) is 0 Å². The van der Waals surface area contributed by atoms with Crippen LogP contribution in [0, 0.1) is 6.92 Å². The van der Waals surface area contributed by atoms with E-state index < -0.39 is 0 Å². The Morgan fingerprint density at radius 2 is 2.05 bits per heavy atom. The number of urea groups is 1. The maximum Gasteiger partial charge on any atom is 0.319 e. The van der Waals surface area contributed by atoms with Gasteiger partial charge in [-0.3, -0.25) is 0 Å². The van der Waals surface area contributed by atoms with Crippen molar-refractivity contribution in [1.82, 2.24) is 15.5 Å². The first-order valence-corrected chi connectivity index (χ1v) is 6.05. The molecule has 0 fully saturated rings. The Hall–Kier alpha value is -2.08. The fourth-order valence-electron chi connectivity index (χ4n) is 1.45. The molecule has 100 valence electrons. The minimum absolute atomic E-state index is 0.356. The van der Waals surface area contributed by atoms with E-state index in [1.165, 1.54) is 0 Å². The molecular weight excluding hydrogens is 268 g/mol. The summed E-state index contributed by atoms with van der Waals surface area (Å²) in [5.74, 6) is 0.894. The molecule has 2 aromatic rings. The molecule has 0 saturated carbocycles. The molecule has 0 spiro atoms. The third-order valence-electron chi connectivity index (χ3n) is 2.36. The molecule has 0 unspecified atom stereocenters. The number of nitrogens with one attached hydrogen (secondary N) is 2. The van der Waals surface area contributed by atoms with Gasteiger partial charge in [-0.15, -0.1) is 0 Å². The Bertz CT molecular complexity index is 567. The molecule has 1 heterocycles. The summed E-state index contributed by atoms with van der Waals surface area (Å²) in [5.41, 5.74) is 0.649. The van der Waals surface area contributed by atoms with Crippen LogP contribution in [0.5, 0.6) is 0 Å². The molecule has 0 bridgehead atoms. The number of aromatic nitrogens is 2. The molecule has 1 aromatic heterocycles. The first-order valence-electron chi connectivity index (χ1n) is 5.68. The van der Waals surface area contributed by atoms with Gasteiger partial charge in [-0.05, 0) is 38.1 Å². The summed E-state index contributed by atoms with van der Waals surface area (Å²) in [6, 6.07) is 6.09. The molecule has 0 aliphatic heterocycles. The topological polar surface area (TPSA) is 80.0 Å². The summed E-state index contributed by atoms with van der Waals surface area (Å²) in [7, 11) is 0.